The van der Waals surface area contributed by atoms with Gasteiger partial charge in [0, 0.05) is 24.7 Å². The maximum atomic E-state index is 11.7. The van der Waals surface area contributed by atoms with E-state index in [0.717, 1.165) is 6.42 Å². The van der Waals surface area contributed by atoms with Crippen molar-refractivity contribution in [3.05, 3.63) is 72.1 Å². The van der Waals surface area contributed by atoms with Crippen molar-refractivity contribution >= 4 is 27.6 Å². The second-order valence-corrected chi connectivity index (χ2v) is 9.23. The minimum Gasteiger partial charge on any atom is -0.457 e. The standard InChI is InChI=1S/C22H25N7O3S/c23-20(15-8-10-18(11-9-15)32-17-6-2-1-3-7-17)19-21(24)26-14-27-22(19)28-16-5-4-12-29(13-16)33(25,30)31/h1-3,6-11,14,16,23H,4-5,12-13H2,(H2,25,30,31)(H3,24,26,27,28)/t16-/m1/s1. The molecule has 0 saturated carbocycles. The first-order valence-corrected chi connectivity index (χ1v) is 11.9. The van der Waals surface area contributed by atoms with Gasteiger partial charge in [-0.3, -0.25) is 5.41 Å². The van der Waals surface area contributed by atoms with Gasteiger partial charge in [-0.05, 0) is 49.2 Å². The summed E-state index contributed by atoms with van der Waals surface area (Å²) in [7, 11) is -3.77. The molecular formula is C22H25N7O3S. The number of nitrogen functional groups attached to an aromatic ring is 1. The third kappa shape index (κ3) is 5.45. The predicted octanol–water partition coefficient (Wildman–Crippen LogP) is 2.35. The molecule has 172 valence electrons. The fraction of sp³-hybridized carbons (Fsp3) is 0.227. The van der Waals surface area contributed by atoms with Crippen LogP contribution in [0.4, 0.5) is 11.6 Å². The molecule has 1 aromatic heterocycles. The quantitative estimate of drug-likeness (QED) is 0.388. The van der Waals surface area contributed by atoms with Gasteiger partial charge in [-0.25, -0.2) is 15.1 Å². The molecule has 1 aliphatic rings. The number of hydrogen-bond donors (Lipinski definition) is 4. The summed E-state index contributed by atoms with van der Waals surface area (Å²) in [6, 6.07) is 16.3. The summed E-state index contributed by atoms with van der Waals surface area (Å²) in [5.41, 5.74) is 7.21. The Kier molecular flexibility index (Phi) is 6.54. The molecule has 0 aliphatic carbocycles. The maximum Gasteiger partial charge on any atom is 0.276 e. The summed E-state index contributed by atoms with van der Waals surface area (Å²) in [6.45, 7) is 0.587. The SMILES string of the molecule is N=C(c1ccc(Oc2ccccc2)cc1)c1c(N)ncnc1N[C@@H]1CCCN(S(N)(=O)=O)C1. The Hall–Kier alpha value is -3.54. The summed E-state index contributed by atoms with van der Waals surface area (Å²) in [5, 5.41) is 17.2. The smallest absolute Gasteiger partial charge is 0.276 e. The number of nitrogens with two attached hydrogens (primary N) is 2. The lowest BCUT2D eigenvalue weighted by Crippen LogP contribution is -2.47. The largest absolute Gasteiger partial charge is 0.457 e. The Balaban J connectivity index is 1.53. The average Bonchev–Trinajstić information content (AvgIpc) is 2.80. The van der Waals surface area contributed by atoms with Gasteiger partial charge in [0.2, 0.25) is 0 Å². The Morgan fingerprint density at radius 3 is 2.48 bits per heavy atom. The van der Waals surface area contributed by atoms with Crippen LogP contribution in [0.5, 0.6) is 11.5 Å². The minimum absolute atomic E-state index is 0.140. The van der Waals surface area contributed by atoms with Crippen LogP contribution in [-0.4, -0.2) is 47.5 Å². The van der Waals surface area contributed by atoms with E-state index in [9.17, 15) is 8.42 Å². The highest BCUT2D eigenvalue weighted by molar-refractivity contribution is 7.86. The van der Waals surface area contributed by atoms with Crippen molar-refractivity contribution < 1.29 is 13.2 Å². The van der Waals surface area contributed by atoms with Crippen molar-refractivity contribution in [2.24, 2.45) is 5.14 Å². The van der Waals surface area contributed by atoms with Crippen molar-refractivity contribution in [1.82, 2.24) is 14.3 Å². The molecule has 0 radical (unpaired) electrons. The molecule has 3 aromatic rings. The predicted molar refractivity (Wildman–Crippen MR) is 127 cm³/mol. The van der Waals surface area contributed by atoms with E-state index in [1.807, 2.05) is 30.3 Å². The Labute approximate surface area is 192 Å². The van der Waals surface area contributed by atoms with Crippen LogP contribution in [-0.2, 0) is 10.2 Å². The fourth-order valence-electron chi connectivity index (χ4n) is 3.70. The zero-order valence-corrected chi connectivity index (χ0v) is 18.6. The van der Waals surface area contributed by atoms with E-state index in [4.69, 9.17) is 21.0 Å². The van der Waals surface area contributed by atoms with Gasteiger partial charge in [-0.15, -0.1) is 0 Å². The van der Waals surface area contributed by atoms with Crippen LogP contribution in [0.3, 0.4) is 0 Å². The van der Waals surface area contributed by atoms with E-state index in [-0.39, 0.29) is 24.1 Å². The van der Waals surface area contributed by atoms with Crippen LogP contribution in [0, 0.1) is 5.41 Å². The van der Waals surface area contributed by atoms with Crippen molar-refractivity contribution in [2.45, 2.75) is 18.9 Å². The average molecular weight is 468 g/mol. The van der Waals surface area contributed by atoms with Crippen LogP contribution in [0.15, 0.2) is 60.9 Å². The number of aromatic nitrogens is 2. The fourth-order valence-corrected chi connectivity index (χ4v) is 4.47. The number of hydrogen-bond acceptors (Lipinski definition) is 8. The summed E-state index contributed by atoms with van der Waals surface area (Å²) in [5.74, 6) is 1.88. The first-order valence-electron chi connectivity index (χ1n) is 10.4. The Morgan fingerprint density at radius 2 is 1.79 bits per heavy atom. The molecule has 11 heteroatoms. The third-order valence-corrected chi connectivity index (χ3v) is 6.38. The second-order valence-electron chi connectivity index (χ2n) is 7.68. The zero-order chi connectivity index (χ0) is 23.4. The Morgan fingerprint density at radius 1 is 1.09 bits per heavy atom. The second kappa shape index (κ2) is 9.53. The van der Waals surface area contributed by atoms with Gasteiger partial charge >= 0.3 is 0 Å². The molecule has 4 rings (SSSR count). The molecule has 10 nitrogen and oxygen atoms in total. The highest BCUT2D eigenvalue weighted by Gasteiger charge is 2.28. The van der Waals surface area contributed by atoms with E-state index >= 15 is 0 Å². The minimum atomic E-state index is -3.77. The lowest BCUT2D eigenvalue weighted by molar-refractivity contribution is 0.327. The van der Waals surface area contributed by atoms with Gasteiger partial charge in [-0.2, -0.15) is 12.7 Å². The summed E-state index contributed by atoms with van der Waals surface area (Å²) >= 11 is 0. The molecule has 2 heterocycles. The number of nitrogens with zero attached hydrogens (tertiary/aromatic N) is 3. The van der Waals surface area contributed by atoms with Crippen LogP contribution in [0.25, 0.3) is 0 Å². The van der Waals surface area contributed by atoms with Gasteiger partial charge < -0.3 is 15.8 Å². The molecule has 0 spiro atoms. The van der Waals surface area contributed by atoms with Crippen LogP contribution >= 0.6 is 0 Å². The number of benzene rings is 2. The zero-order valence-electron chi connectivity index (χ0n) is 17.8. The van der Waals surface area contributed by atoms with Gasteiger partial charge in [0.25, 0.3) is 10.2 Å². The molecular weight excluding hydrogens is 442 g/mol. The number of rotatable bonds is 7. The highest BCUT2D eigenvalue weighted by atomic mass is 32.2. The van der Waals surface area contributed by atoms with Crippen LogP contribution < -0.4 is 20.9 Å². The number of piperidine rings is 1. The number of nitrogens with one attached hydrogen (secondary N) is 2. The van der Waals surface area contributed by atoms with E-state index < -0.39 is 10.2 Å². The number of ether oxygens (including phenoxy) is 1. The van der Waals surface area contributed by atoms with E-state index in [2.05, 4.69) is 15.3 Å². The number of para-hydroxylation sites is 1. The van der Waals surface area contributed by atoms with Crippen LogP contribution in [0.1, 0.15) is 24.0 Å². The highest BCUT2D eigenvalue weighted by Crippen LogP contribution is 2.26. The molecule has 6 N–H and O–H groups in total. The summed E-state index contributed by atoms with van der Waals surface area (Å²) < 4.78 is 30.5. The molecule has 0 bridgehead atoms. The molecule has 0 amide bonds. The van der Waals surface area contributed by atoms with Crippen LogP contribution in [0.2, 0.25) is 0 Å². The monoisotopic (exact) mass is 467 g/mol. The lowest BCUT2D eigenvalue weighted by atomic mass is 10.0. The van der Waals surface area contributed by atoms with E-state index in [0.29, 0.717) is 41.4 Å². The van der Waals surface area contributed by atoms with Crippen molar-refractivity contribution in [3.63, 3.8) is 0 Å². The Bertz CT molecular complexity index is 1230. The van der Waals surface area contributed by atoms with Gasteiger partial charge in [0.1, 0.15) is 29.5 Å². The molecule has 0 unspecified atom stereocenters. The summed E-state index contributed by atoms with van der Waals surface area (Å²) in [4.78, 5) is 8.32. The maximum absolute atomic E-state index is 11.7. The van der Waals surface area contributed by atoms with Crippen molar-refractivity contribution in [1.29, 1.82) is 5.41 Å². The molecule has 1 aliphatic heterocycles. The van der Waals surface area contributed by atoms with E-state index in [1.165, 1.54) is 10.6 Å². The molecule has 2 aromatic carbocycles. The molecule has 33 heavy (non-hydrogen) atoms. The molecule has 1 fully saturated rings. The lowest BCUT2D eigenvalue weighted by Gasteiger charge is -2.31. The van der Waals surface area contributed by atoms with Gasteiger partial charge in [-0.1, -0.05) is 18.2 Å². The van der Waals surface area contributed by atoms with Gasteiger partial charge in [0.15, 0.2) is 0 Å². The third-order valence-electron chi connectivity index (χ3n) is 5.33. The topological polar surface area (TPSA) is 160 Å². The summed E-state index contributed by atoms with van der Waals surface area (Å²) in [6.07, 6.45) is 2.70. The number of anilines is 2. The van der Waals surface area contributed by atoms with Crippen molar-refractivity contribution in [3.8, 4) is 11.5 Å². The first kappa shape index (κ1) is 22.6. The van der Waals surface area contributed by atoms with E-state index in [1.54, 1.807) is 24.3 Å². The normalized spacial score (nSPS) is 16.8. The van der Waals surface area contributed by atoms with Gasteiger partial charge in [0.05, 0.1) is 11.3 Å². The first-order chi connectivity index (χ1) is 15.8. The molecule has 1 atom stereocenters. The molecule has 1 saturated heterocycles. The van der Waals surface area contributed by atoms with Crippen molar-refractivity contribution in [2.75, 3.05) is 24.1 Å².